The number of hydrogen-bond donors (Lipinski definition) is 0. The quantitative estimate of drug-likeness (QED) is 0.142. The second-order valence-electron chi connectivity index (χ2n) is 20.8. The summed E-state index contributed by atoms with van der Waals surface area (Å²) < 4.78 is 13.2. The lowest BCUT2D eigenvalue weighted by Gasteiger charge is -2.34. The van der Waals surface area contributed by atoms with E-state index in [4.69, 9.17) is 9.47 Å². The molecule has 0 atom stereocenters. The molecule has 0 spiro atoms. The smallest absolute Gasteiger partial charge is 0.152 e. The number of fused-ring (bicyclic) bond motifs is 4. The molecule has 3 aliphatic rings. The third-order valence-corrected chi connectivity index (χ3v) is 16.4. The van der Waals surface area contributed by atoms with E-state index in [9.17, 15) is 0 Å². The number of anilines is 6. The van der Waals surface area contributed by atoms with Crippen LogP contribution in [0.4, 0.5) is 34.1 Å². The average Bonchev–Trinajstić information content (AvgIpc) is 3.96. The number of nitrogens with zero attached hydrogens (tertiary/aromatic N) is 2. The van der Waals surface area contributed by atoms with Crippen LogP contribution in [0.3, 0.4) is 0 Å². The Labute approximate surface area is 458 Å². The van der Waals surface area contributed by atoms with E-state index in [1.165, 1.54) is 54.9 Å². The fraction of sp³-hybridized carbons (Fsp3) is 0.0133. The van der Waals surface area contributed by atoms with Gasteiger partial charge in [0.1, 0.15) is 0 Å². The Morgan fingerprint density at radius 1 is 0.241 bits per heavy atom. The molecule has 4 heteroatoms. The van der Waals surface area contributed by atoms with Crippen LogP contribution in [0.2, 0.25) is 0 Å². The van der Waals surface area contributed by atoms with E-state index >= 15 is 0 Å². The summed E-state index contributed by atoms with van der Waals surface area (Å²) in [6, 6.07) is 105. The van der Waals surface area contributed by atoms with Gasteiger partial charge in [0.15, 0.2) is 23.0 Å². The van der Waals surface area contributed by atoms with Crippen molar-refractivity contribution in [2.24, 2.45) is 0 Å². The van der Waals surface area contributed by atoms with E-state index in [-0.39, 0.29) is 0 Å². The van der Waals surface area contributed by atoms with Gasteiger partial charge < -0.3 is 19.3 Å². The number of ether oxygens (including phenoxy) is 2. The van der Waals surface area contributed by atoms with Gasteiger partial charge in [-0.2, -0.15) is 0 Å². The molecule has 2 aliphatic heterocycles. The van der Waals surface area contributed by atoms with Crippen molar-refractivity contribution in [3.05, 3.63) is 313 Å². The molecule has 0 saturated carbocycles. The van der Waals surface area contributed by atoms with Crippen molar-refractivity contribution in [3.8, 4) is 67.5 Å². The Kier molecular flexibility index (Phi) is 10.1. The molecule has 13 aromatic rings. The summed E-state index contributed by atoms with van der Waals surface area (Å²) in [6.45, 7) is 0. The zero-order valence-corrected chi connectivity index (χ0v) is 42.9. The van der Waals surface area contributed by atoms with Crippen LogP contribution in [-0.2, 0) is 5.41 Å². The molecule has 0 radical (unpaired) electrons. The minimum atomic E-state index is -0.598. The summed E-state index contributed by atoms with van der Waals surface area (Å²) in [6.07, 6.45) is 0. The van der Waals surface area contributed by atoms with Gasteiger partial charge in [-0.3, -0.25) is 0 Å². The molecule has 1 aliphatic carbocycles. The van der Waals surface area contributed by atoms with Crippen LogP contribution in [0.15, 0.2) is 291 Å². The predicted octanol–water partition coefficient (Wildman–Crippen LogP) is 20.5. The van der Waals surface area contributed by atoms with Crippen molar-refractivity contribution in [2.45, 2.75) is 5.41 Å². The summed E-state index contributed by atoms with van der Waals surface area (Å²) in [7, 11) is 0. The molecule has 2 heterocycles. The van der Waals surface area contributed by atoms with Gasteiger partial charge in [0, 0.05) is 11.4 Å². The Hall–Kier alpha value is -10.4. The van der Waals surface area contributed by atoms with Crippen molar-refractivity contribution in [3.63, 3.8) is 0 Å². The number of hydrogen-bond acceptors (Lipinski definition) is 4. The van der Waals surface area contributed by atoms with Crippen LogP contribution in [0, 0.1) is 0 Å². The Morgan fingerprint density at radius 3 is 0.975 bits per heavy atom. The first-order chi connectivity index (χ1) is 39.1. The maximum absolute atomic E-state index is 6.61. The lowest BCUT2D eigenvalue weighted by Crippen LogP contribution is -2.28. The van der Waals surface area contributed by atoms with Gasteiger partial charge in [-0.25, -0.2) is 0 Å². The van der Waals surface area contributed by atoms with Crippen LogP contribution in [-0.4, -0.2) is 0 Å². The first kappa shape index (κ1) is 44.8. The van der Waals surface area contributed by atoms with Crippen molar-refractivity contribution in [1.82, 2.24) is 0 Å². The molecule has 0 aromatic heterocycles. The first-order valence-electron chi connectivity index (χ1n) is 27.0. The number of rotatable bonds is 8. The number of benzene rings is 13. The minimum Gasteiger partial charge on any atom is -0.453 e. The van der Waals surface area contributed by atoms with E-state index in [0.29, 0.717) is 0 Å². The van der Waals surface area contributed by atoms with Crippen LogP contribution in [0.25, 0.3) is 66.1 Å². The molecule has 16 rings (SSSR count). The second kappa shape index (κ2) is 17.8. The van der Waals surface area contributed by atoms with E-state index in [1.807, 2.05) is 24.3 Å². The van der Waals surface area contributed by atoms with Crippen LogP contribution in [0.1, 0.15) is 22.3 Å². The highest BCUT2D eigenvalue weighted by Gasteiger charge is 2.45. The van der Waals surface area contributed by atoms with Gasteiger partial charge in [-0.15, -0.1) is 0 Å². The van der Waals surface area contributed by atoms with Crippen molar-refractivity contribution in [2.75, 3.05) is 9.80 Å². The van der Waals surface area contributed by atoms with Crippen LogP contribution in [0.5, 0.6) is 23.0 Å². The molecule has 0 bridgehead atoms. The molecule has 0 unspecified atom stereocenters. The molecule has 4 nitrogen and oxygen atoms in total. The Balaban J connectivity index is 0.777. The summed E-state index contributed by atoms with van der Waals surface area (Å²) in [4.78, 5) is 4.57. The molecule has 13 aromatic carbocycles. The average molecular weight is 1010 g/mol. The fourth-order valence-corrected chi connectivity index (χ4v) is 12.9. The molecular weight excluding hydrogens is 961 g/mol. The lowest BCUT2D eigenvalue weighted by atomic mass is 9.66. The zero-order valence-electron chi connectivity index (χ0n) is 42.9. The third-order valence-electron chi connectivity index (χ3n) is 16.4. The van der Waals surface area contributed by atoms with Gasteiger partial charge in [-0.05, 0) is 185 Å². The van der Waals surface area contributed by atoms with Crippen molar-refractivity contribution < 1.29 is 9.47 Å². The predicted molar refractivity (Wildman–Crippen MR) is 325 cm³/mol. The highest BCUT2D eigenvalue weighted by atomic mass is 16.5. The standard InChI is InChI=1S/C75H48N2O2/c1-5-17-59(18-6-1)75(60-19-7-2-8-20-60)63-45-57(51-33-29-49(30-34-51)53-39-41-67-71(47-53)78-69-27-15-13-25-65(69)76(67)61-21-9-3-10-22-61)43-55-37-38-56-44-58(46-64(75)74(56)73(55)63)52-35-31-50(32-36-52)54-40-42-68-72(48-54)79-70-28-16-14-26-66(70)77(68)62-23-11-4-12-24-62/h1-48H. The maximum atomic E-state index is 6.61. The number of para-hydroxylation sites is 6. The van der Waals surface area contributed by atoms with Crippen LogP contribution < -0.4 is 19.3 Å². The molecule has 0 amide bonds. The summed E-state index contributed by atoms with van der Waals surface area (Å²) >= 11 is 0. The van der Waals surface area contributed by atoms with E-state index in [0.717, 1.165) is 90.5 Å². The molecule has 0 fully saturated rings. The molecule has 79 heavy (non-hydrogen) atoms. The maximum Gasteiger partial charge on any atom is 0.152 e. The highest BCUT2D eigenvalue weighted by molar-refractivity contribution is 6.18. The second-order valence-corrected chi connectivity index (χ2v) is 20.8. The van der Waals surface area contributed by atoms with Gasteiger partial charge in [0.05, 0.1) is 28.2 Å². The highest BCUT2D eigenvalue weighted by Crippen LogP contribution is 2.58. The van der Waals surface area contributed by atoms with Gasteiger partial charge >= 0.3 is 0 Å². The monoisotopic (exact) mass is 1010 g/mol. The topological polar surface area (TPSA) is 24.9 Å². The van der Waals surface area contributed by atoms with Gasteiger partial charge in [0.25, 0.3) is 0 Å². The molecular formula is C75H48N2O2. The minimum absolute atomic E-state index is 0.598. The largest absolute Gasteiger partial charge is 0.453 e. The van der Waals surface area contributed by atoms with Gasteiger partial charge in [-0.1, -0.05) is 194 Å². The lowest BCUT2D eigenvalue weighted by molar-refractivity contribution is 0.477. The van der Waals surface area contributed by atoms with E-state index in [2.05, 4.69) is 277 Å². The van der Waals surface area contributed by atoms with Crippen molar-refractivity contribution in [1.29, 1.82) is 0 Å². The Morgan fingerprint density at radius 2 is 0.570 bits per heavy atom. The Bertz CT molecular complexity index is 4230. The molecule has 0 N–H and O–H groups in total. The zero-order chi connectivity index (χ0) is 52.0. The molecule has 370 valence electrons. The van der Waals surface area contributed by atoms with Crippen molar-refractivity contribution >= 4 is 55.7 Å². The van der Waals surface area contributed by atoms with E-state index in [1.54, 1.807) is 0 Å². The van der Waals surface area contributed by atoms with E-state index < -0.39 is 5.41 Å². The first-order valence-corrected chi connectivity index (χ1v) is 27.0. The third kappa shape index (κ3) is 7.08. The SMILES string of the molecule is c1ccc(N2c3ccccc3Oc3cc(-c4ccc(-c5cc6c7c(ccc8cc(-c9ccc(-c%10ccc%11c(c%10)Oc%10ccccc%10N%11c%10ccccc%10)cc9)cc(c87)C6(c6ccccc6)c6ccccc6)c5)cc4)ccc32)cc1. The van der Waals surface area contributed by atoms with Crippen LogP contribution >= 0.6 is 0 Å². The fourth-order valence-electron chi connectivity index (χ4n) is 12.9. The summed E-state index contributed by atoms with van der Waals surface area (Å²) in [5, 5.41) is 5.09. The summed E-state index contributed by atoms with van der Waals surface area (Å²) in [5.41, 5.74) is 19.9. The summed E-state index contributed by atoms with van der Waals surface area (Å²) in [5.74, 6) is 3.33. The molecule has 0 saturated heterocycles. The van der Waals surface area contributed by atoms with Gasteiger partial charge in [0.2, 0.25) is 0 Å². The normalized spacial score (nSPS) is 13.3.